The van der Waals surface area contributed by atoms with Gasteiger partial charge in [-0.15, -0.1) is 11.3 Å². The van der Waals surface area contributed by atoms with Crippen molar-refractivity contribution in [2.45, 2.75) is 19.8 Å². The second-order valence-corrected chi connectivity index (χ2v) is 6.01. The number of thiazole rings is 1. The minimum absolute atomic E-state index is 0.0230. The first kappa shape index (κ1) is 16.1. The van der Waals surface area contributed by atoms with Crippen LogP contribution in [0.3, 0.4) is 0 Å². The number of pyridine rings is 1. The van der Waals surface area contributed by atoms with Gasteiger partial charge in [-0.2, -0.15) is 0 Å². The third kappa shape index (κ3) is 4.39. The maximum Gasteiger partial charge on any atom is 0.224 e. The smallest absolute Gasteiger partial charge is 0.224 e. The Labute approximate surface area is 144 Å². The summed E-state index contributed by atoms with van der Waals surface area (Å²) < 4.78 is 5.81. The summed E-state index contributed by atoms with van der Waals surface area (Å²) in [5.41, 5.74) is 4.44. The van der Waals surface area contributed by atoms with Gasteiger partial charge in [-0.25, -0.2) is 4.98 Å². The highest BCUT2D eigenvalue weighted by molar-refractivity contribution is 7.07. The Kier molecular flexibility index (Phi) is 5.18. The second kappa shape index (κ2) is 7.70. The molecule has 6 heteroatoms. The lowest BCUT2D eigenvalue weighted by Gasteiger charge is -2.11. The van der Waals surface area contributed by atoms with E-state index in [0.717, 1.165) is 28.4 Å². The lowest BCUT2D eigenvalue weighted by atomic mass is 10.2. The third-order valence-electron chi connectivity index (χ3n) is 3.43. The molecule has 1 aromatic carbocycles. The largest absolute Gasteiger partial charge is 0.457 e. The number of carbonyl (C=O) groups excluding carboxylic acids is 1. The summed E-state index contributed by atoms with van der Waals surface area (Å²) in [4.78, 5) is 20.2. The van der Waals surface area contributed by atoms with Crippen LogP contribution in [-0.2, 0) is 11.2 Å². The van der Waals surface area contributed by atoms with Crippen molar-refractivity contribution in [1.29, 1.82) is 0 Å². The number of rotatable bonds is 6. The maximum absolute atomic E-state index is 12.0. The number of anilines is 1. The van der Waals surface area contributed by atoms with Crippen molar-refractivity contribution in [3.05, 3.63) is 64.9 Å². The molecule has 0 saturated carbocycles. The molecule has 1 amide bonds. The molecule has 0 fully saturated rings. The third-order valence-corrected chi connectivity index (χ3v) is 4.06. The number of amides is 1. The molecular formula is C18H17N3O2S. The Morgan fingerprint density at radius 1 is 1.25 bits per heavy atom. The lowest BCUT2D eigenvalue weighted by molar-refractivity contribution is -0.116. The summed E-state index contributed by atoms with van der Waals surface area (Å²) >= 11 is 1.54. The van der Waals surface area contributed by atoms with Crippen LogP contribution in [0.25, 0.3) is 0 Å². The minimum Gasteiger partial charge on any atom is -0.457 e. The molecule has 1 N–H and O–H groups in total. The van der Waals surface area contributed by atoms with Crippen LogP contribution < -0.4 is 10.1 Å². The number of nitrogens with zero attached hydrogens (tertiary/aromatic N) is 2. The van der Waals surface area contributed by atoms with Crippen LogP contribution in [-0.4, -0.2) is 15.9 Å². The summed E-state index contributed by atoms with van der Waals surface area (Å²) in [6.07, 6.45) is 4.43. The molecule has 0 atom stereocenters. The fraction of sp³-hybridized carbons (Fsp3) is 0.167. The number of nitrogens with one attached hydrogen (secondary N) is 1. The van der Waals surface area contributed by atoms with Crippen LogP contribution in [0.15, 0.2) is 53.6 Å². The number of aromatic nitrogens is 2. The predicted octanol–water partition coefficient (Wildman–Crippen LogP) is 4.21. The molecule has 3 rings (SSSR count). The molecule has 0 saturated heterocycles. The van der Waals surface area contributed by atoms with Crippen molar-refractivity contribution in [3.8, 4) is 11.5 Å². The molecule has 122 valence electrons. The number of hydrogen-bond donors (Lipinski definition) is 1. The van der Waals surface area contributed by atoms with Gasteiger partial charge in [0.05, 0.1) is 11.2 Å². The number of hydrogen-bond acceptors (Lipinski definition) is 5. The van der Waals surface area contributed by atoms with Crippen LogP contribution in [0.1, 0.15) is 17.7 Å². The van der Waals surface area contributed by atoms with Gasteiger partial charge in [0.25, 0.3) is 0 Å². The molecule has 0 unspecified atom stereocenters. The van der Waals surface area contributed by atoms with E-state index in [1.165, 1.54) is 11.3 Å². The average Bonchev–Trinajstić information content (AvgIpc) is 3.10. The van der Waals surface area contributed by atoms with E-state index in [0.29, 0.717) is 12.8 Å². The zero-order valence-corrected chi connectivity index (χ0v) is 14.0. The molecule has 0 aliphatic rings. The molecular weight excluding hydrogens is 322 g/mol. The molecule has 24 heavy (non-hydrogen) atoms. The van der Waals surface area contributed by atoms with Crippen molar-refractivity contribution in [2.75, 3.05) is 5.32 Å². The SMILES string of the molecule is Cc1cc(NC(=O)CCc2cscn2)ccc1Oc1ccncc1. The quantitative estimate of drug-likeness (QED) is 0.730. The second-order valence-electron chi connectivity index (χ2n) is 5.29. The molecule has 0 bridgehead atoms. The van der Waals surface area contributed by atoms with E-state index in [1.807, 2.05) is 30.5 Å². The van der Waals surface area contributed by atoms with E-state index in [1.54, 1.807) is 30.0 Å². The summed E-state index contributed by atoms with van der Waals surface area (Å²) in [7, 11) is 0. The molecule has 0 spiro atoms. The van der Waals surface area contributed by atoms with Crippen molar-refractivity contribution in [3.63, 3.8) is 0 Å². The summed E-state index contributed by atoms with van der Waals surface area (Å²) in [5, 5.41) is 4.87. The van der Waals surface area contributed by atoms with Crippen LogP contribution in [0.5, 0.6) is 11.5 Å². The first-order valence-corrected chi connectivity index (χ1v) is 8.50. The Bertz CT molecular complexity index is 804. The van der Waals surface area contributed by atoms with Crippen LogP contribution in [0.4, 0.5) is 5.69 Å². The zero-order chi connectivity index (χ0) is 16.8. The van der Waals surface area contributed by atoms with Gasteiger partial charge in [0.15, 0.2) is 0 Å². The highest BCUT2D eigenvalue weighted by Gasteiger charge is 2.07. The molecule has 2 heterocycles. The molecule has 2 aromatic heterocycles. The first-order valence-electron chi connectivity index (χ1n) is 7.56. The fourth-order valence-corrected chi connectivity index (χ4v) is 2.79. The topological polar surface area (TPSA) is 64.1 Å². The van der Waals surface area contributed by atoms with Crippen LogP contribution in [0, 0.1) is 6.92 Å². The summed E-state index contributed by atoms with van der Waals surface area (Å²) in [6, 6.07) is 9.19. The number of aryl methyl sites for hydroxylation is 2. The van der Waals surface area contributed by atoms with Crippen molar-refractivity contribution in [2.24, 2.45) is 0 Å². The van der Waals surface area contributed by atoms with E-state index in [4.69, 9.17) is 4.74 Å². The van der Waals surface area contributed by atoms with Crippen LogP contribution >= 0.6 is 11.3 Å². The lowest BCUT2D eigenvalue weighted by Crippen LogP contribution is -2.12. The van der Waals surface area contributed by atoms with E-state index in [-0.39, 0.29) is 5.91 Å². The fourth-order valence-electron chi connectivity index (χ4n) is 2.20. The van der Waals surface area contributed by atoms with Crippen LogP contribution in [0.2, 0.25) is 0 Å². The zero-order valence-electron chi connectivity index (χ0n) is 13.2. The molecule has 5 nitrogen and oxygen atoms in total. The van der Waals surface area contributed by atoms with Crippen molar-refractivity contribution >= 4 is 22.9 Å². The van der Waals surface area contributed by atoms with Crippen molar-refractivity contribution < 1.29 is 9.53 Å². The highest BCUT2D eigenvalue weighted by atomic mass is 32.1. The maximum atomic E-state index is 12.0. The highest BCUT2D eigenvalue weighted by Crippen LogP contribution is 2.27. The van der Waals surface area contributed by atoms with Gasteiger partial charge in [0, 0.05) is 29.9 Å². The molecule has 0 aliphatic carbocycles. The van der Waals surface area contributed by atoms with Gasteiger partial charge in [-0.1, -0.05) is 0 Å². The first-order chi connectivity index (χ1) is 11.7. The Morgan fingerprint density at radius 2 is 2.08 bits per heavy atom. The predicted molar refractivity (Wildman–Crippen MR) is 94.6 cm³/mol. The minimum atomic E-state index is -0.0230. The van der Waals surface area contributed by atoms with Gasteiger partial charge in [0.1, 0.15) is 11.5 Å². The molecule has 0 radical (unpaired) electrons. The number of carbonyl (C=O) groups is 1. The van der Waals surface area contributed by atoms with Crippen molar-refractivity contribution in [1.82, 2.24) is 9.97 Å². The standard InChI is InChI=1S/C18H17N3O2S/c1-13-10-14(21-18(22)5-3-15-11-24-12-20-15)2-4-17(13)23-16-6-8-19-9-7-16/h2,4,6-12H,3,5H2,1H3,(H,21,22). The average molecular weight is 339 g/mol. The summed E-state index contributed by atoms with van der Waals surface area (Å²) in [6.45, 7) is 1.95. The number of ether oxygens (including phenoxy) is 1. The van der Waals surface area contributed by atoms with Gasteiger partial charge >= 0.3 is 0 Å². The van der Waals surface area contributed by atoms with Gasteiger partial charge in [-0.05, 0) is 49.2 Å². The molecule has 0 aliphatic heterocycles. The Hall–Kier alpha value is -2.73. The van der Waals surface area contributed by atoms with E-state index in [9.17, 15) is 4.79 Å². The molecule has 3 aromatic rings. The monoisotopic (exact) mass is 339 g/mol. The van der Waals surface area contributed by atoms with Gasteiger partial charge in [-0.3, -0.25) is 9.78 Å². The van der Waals surface area contributed by atoms with Gasteiger partial charge in [0.2, 0.25) is 5.91 Å². The normalized spacial score (nSPS) is 10.4. The van der Waals surface area contributed by atoms with Gasteiger partial charge < -0.3 is 10.1 Å². The van der Waals surface area contributed by atoms with E-state index in [2.05, 4.69) is 15.3 Å². The number of benzene rings is 1. The van der Waals surface area contributed by atoms with E-state index < -0.39 is 0 Å². The Balaban J connectivity index is 1.58. The Morgan fingerprint density at radius 3 is 2.79 bits per heavy atom. The summed E-state index contributed by atoms with van der Waals surface area (Å²) in [5.74, 6) is 1.46. The van der Waals surface area contributed by atoms with E-state index >= 15 is 0 Å².